The third-order valence-electron chi connectivity index (χ3n) is 2.85. The van der Waals surface area contributed by atoms with Crippen molar-refractivity contribution in [2.45, 2.75) is 39.5 Å². The molecule has 0 aliphatic rings. The first-order valence-electron chi connectivity index (χ1n) is 6.15. The van der Waals surface area contributed by atoms with Gasteiger partial charge in [0.1, 0.15) is 5.75 Å². The lowest BCUT2D eigenvalue weighted by atomic mass is 10.0. The van der Waals surface area contributed by atoms with E-state index in [1.54, 1.807) is 0 Å². The Morgan fingerprint density at radius 2 is 2.00 bits per heavy atom. The molecule has 0 N–H and O–H groups in total. The number of rotatable bonds is 7. The average molecular weight is 241 g/mol. The summed E-state index contributed by atoms with van der Waals surface area (Å²) >= 11 is 6.03. The van der Waals surface area contributed by atoms with Crippen LogP contribution < -0.4 is 4.74 Å². The van der Waals surface area contributed by atoms with Crippen LogP contribution in [0.15, 0.2) is 24.3 Å². The lowest BCUT2D eigenvalue weighted by Crippen LogP contribution is -2.11. The Labute approximate surface area is 104 Å². The van der Waals surface area contributed by atoms with Crippen molar-refractivity contribution in [3.8, 4) is 5.75 Å². The van der Waals surface area contributed by atoms with Crippen molar-refractivity contribution in [1.29, 1.82) is 0 Å². The van der Waals surface area contributed by atoms with Gasteiger partial charge in [0, 0.05) is 0 Å². The highest BCUT2D eigenvalue weighted by Gasteiger charge is 2.08. The van der Waals surface area contributed by atoms with Gasteiger partial charge in [0.25, 0.3) is 0 Å². The zero-order valence-corrected chi connectivity index (χ0v) is 11.0. The molecule has 1 aromatic carbocycles. The Kier molecular flexibility index (Phi) is 6.32. The average Bonchev–Trinajstić information content (AvgIpc) is 2.31. The number of hydrogen-bond acceptors (Lipinski definition) is 1. The standard InChI is InChI=1S/C14H21ClO/c1-3-5-8-12(4-2)11-16-14-10-7-6-9-13(14)15/h6-7,9-10,12H,3-5,8,11H2,1-2H3. The third-order valence-corrected chi connectivity index (χ3v) is 3.17. The van der Waals surface area contributed by atoms with Crippen LogP contribution in [0.2, 0.25) is 5.02 Å². The Morgan fingerprint density at radius 3 is 2.62 bits per heavy atom. The first-order chi connectivity index (χ1) is 7.77. The van der Waals surface area contributed by atoms with E-state index in [1.807, 2.05) is 24.3 Å². The summed E-state index contributed by atoms with van der Waals surface area (Å²) in [4.78, 5) is 0. The molecule has 0 bridgehead atoms. The lowest BCUT2D eigenvalue weighted by Gasteiger charge is -2.16. The Hall–Kier alpha value is -0.690. The summed E-state index contributed by atoms with van der Waals surface area (Å²) in [6.07, 6.45) is 4.95. The van der Waals surface area contributed by atoms with Gasteiger partial charge in [0.2, 0.25) is 0 Å². The molecule has 1 nitrogen and oxygen atoms in total. The summed E-state index contributed by atoms with van der Waals surface area (Å²) in [6, 6.07) is 7.66. The van der Waals surface area contributed by atoms with Gasteiger partial charge < -0.3 is 4.74 Å². The second-order valence-electron chi connectivity index (χ2n) is 4.16. The molecule has 1 unspecified atom stereocenters. The molecule has 16 heavy (non-hydrogen) atoms. The van der Waals surface area contributed by atoms with Crippen LogP contribution in [0.4, 0.5) is 0 Å². The van der Waals surface area contributed by atoms with E-state index in [0.29, 0.717) is 10.9 Å². The van der Waals surface area contributed by atoms with Crippen molar-refractivity contribution in [3.05, 3.63) is 29.3 Å². The molecule has 90 valence electrons. The summed E-state index contributed by atoms with van der Waals surface area (Å²) < 4.78 is 5.75. The normalized spacial score (nSPS) is 12.4. The predicted molar refractivity (Wildman–Crippen MR) is 70.3 cm³/mol. The minimum Gasteiger partial charge on any atom is -0.492 e. The van der Waals surface area contributed by atoms with Crippen LogP contribution in [0, 0.1) is 5.92 Å². The summed E-state index contributed by atoms with van der Waals surface area (Å²) in [6.45, 7) is 5.22. The molecule has 0 amide bonds. The van der Waals surface area contributed by atoms with Crippen molar-refractivity contribution >= 4 is 11.6 Å². The fourth-order valence-corrected chi connectivity index (χ4v) is 1.86. The van der Waals surface area contributed by atoms with Gasteiger partial charge in [-0.15, -0.1) is 0 Å². The SMILES string of the molecule is CCCCC(CC)COc1ccccc1Cl. The van der Waals surface area contributed by atoms with E-state index in [2.05, 4.69) is 13.8 Å². The van der Waals surface area contributed by atoms with E-state index in [-0.39, 0.29) is 0 Å². The molecule has 0 aliphatic heterocycles. The van der Waals surface area contributed by atoms with E-state index in [4.69, 9.17) is 16.3 Å². The molecule has 1 rings (SSSR count). The van der Waals surface area contributed by atoms with Gasteiger partial charge in [0.15, 0.2) is 0 Å². The molecule has 2 heteroatoms. The Balaban J connectivity index is 2.40. The van der Waals surface area contributed by atoms with Gasteiger partial charge in [-0.1, -0.05) is 56.8 Å². The van der Waals surface area contributed by atoms with E-state index < -0.39 is 0 Å². The van der Waals surface area contributed by atoms with Crippen LogP contribution in [-0.4, -0.2) is 6.61 Å². The van der Waals surface area contributed by atoms with Crippen LogP contribution in [0.5, 0.6) is 5.75 Å². The van der Waals surface area contributed by atoms with Gasteiger partial charge >= 0.3 is 0 Å². The van der Waals surface area contributed by atoms with E-state index in [1.165, 1.54) is 25.7 Å². The molecule has 1 atom stereocenters. The maximum Gasteiger partial charge on any atom is 0.137 e. The highest BCUT2D eigenvalue weighted by molar-refractivity contribution is 6.32. The highest BCUT2D eigenvalue weighted by Crippen LogP contribution is 2.24. The van der Waals surface area contributed by atoms with Crippen LogP contribution in [0.3, 0.4) is 0 Å². The van der Waals surface area contributed by atoms with Crippen molar-refractivity contribution in [2.24, 2.45) is 5.92 Å². The monoisotopic (exact) mass is 240 g/mol. The van der Waals surface area contributed by atoms with Crippen molar-refractivity contribution < 1.29 is 4.74 Å². The fraction of sp³-hybridized carbons (Fsp3) is 0.571. The number of ether oxygens (including phenoxy) is 1. The minimum atomic E-state index is 0.649. The zero-order chi connectivity index (χ0) is 11.8. The fourth-order valence-electron chi connectivity index (χ4n) is 1.67. The van der Waals surface area contributed by atoms with Gasteiger partial charge in [-0.05, 0) is 24.5 Å². The molecular weight excluding hydrogens is 220 g/mol. The first-order valence-corrected chi connectivity index (χ1v) is 6.53. The molecule has 0 spiro atoms. The maximum absolute atomic E-state index is 6.03. The van der Waals surface area contributed by atoms with Crippen LogP contribution in [0.1, 0.15) is 39.5 Å². The van der Waals surface area contributed by atoms with Gasteiger partial charge in [-0.2, -0.15) is 0 Å². The first kappa shape index (κ1) is 13.4. The largest absolute Gasteiger partial charge is 0.492 e. The van der Waals surface area contributed by atoms with Crippen LogP contribution >= 0.6 is 11.6 Å². The Morgan fingerprint density at radius 1 is 1.25 bits per heavy atom. The quantitative estimate of drug-likeness (QED) is 0.656. The van der Waals surface area contributed by atoms with Crippen LogP contribution in [-0.2, 0) is 0 Å². The number of halogens is 1. The molecule has 0 fully saturated rings. The van der Waals surface area contributed by atoms with E-state index in [0.717, 1.165) is 12.4 Å². The summed E-state index contributed by atoms with van der Waals surface area (Å²) in [5.41, 5.74) is 0. The summed E-state index contributed by atoms with van der Waals surface area (Å²) in [7, 11) is 0. The smallest absolute Gasteiger partial charge is 0.137 e. The molecule has 0 aliphatic carbocycles. The molecule has 1 aromatic rings. The second-order valence-corrected chi connectivity index (χ2v) is 4.57. The molecule has 0 heterocycles. The summed E-state index contributed by atoms with van der Waals surface area (Å²) in [5, 5.41) is 0.702. The highest BCUT2D eigenvalue weighted by atomic mass is 35.5. The second kappa shape index (κ2) is 7.56. The van der Waals surface area contributed by atoms with Crippen molar-refractivity contribution in [2.75, 3.05) is 6.61 Å². The molecule has 0 radical (unpaired) electrons. The maximum atomic E-state index is 6.03. The molecular formula is C14H21ClO. The molecule has 0 aromatic heterocycles. The predicted octanol–water partition coefficient (Wildman–Crippen LogP) is 4.94. The van der Waals surface area contributed by atoms with Crippen molar-refractivity contribution in [1.82, 2.24) is 0 Å². The number of para-hydroxylation sites is 1. The Bertz CT molecular complexity index is 299. The van der Waals surface area contributed by atoms with E-state index >= 15 is 0 Å². The third kappa shape index (κ3) is 4.44. The van der Waals surface area contributed by atoms with Gasteiger partial charge in [0.05, 0.1) is 11.6 Å². The lowest BCUT2D eigenvalue weighted by molar-refractivity contribution is 0.233. The van der Waals surface area contributed by atoms with Crippen molar-refractivity contribution in [3.63, 3.8) is 0 Å². The molecule has 0 saturated carbocycles. The molecule has 0 saturated heterocycles. The number of benzene rings is 1. The van der Waals surface area contributed by atoms with E-state index in [9.17, 15) is 0 Å². The van der Waals surface area contributed by atoms with Gasteiger partial charge in [-0.3, -0.25) is 0 Å². The number of unbranched alkanes of at least 4 members (excludes halogenated alkanes) is 1. The van der Waals surface area contributed by atoms with Gasteiger partial charge in [-0.25, -0.2) is 0 Å². The summed E-state index contributed by atoms with van der Waals surface area (Å²) in [5.74, 6) is 1.45. The topological polar surface area (TPSA) is 9.23 Å². The zero-order valence-electron chi connectivity index (χ0n) is 10.2. The minimum absolute atomic E-state index is 0.649. The van der Waals surface area contributed by atoms with Crippen LogP contribution in [0.25, 0.3) is 0 Å². The number of hydrogen-bond donors (Lipinski definition) is 0.